The van der Waals surface area contributed by atoms with E-state index in [1.165, 1.54) is 12.2 Å². The van der Waals surface area contributed by atoms with Crippen molar-refractivity contribution >= 4 is 17.5 Å². The first-order valence-electron chi connectivity index (χ1n) is 10.8. The molecule has 0 aromatic rings. The monoisotopic (exact) mass is 443 g/mol. The van der Waals surface area contributed by atoms with Gasteiger partial charge in [0, 0.05) is 12.2 Å². The minimum Gasteiger partial charge on any atom is -0.491 e. The second kappa shape index (κ2) is 10.8. The Kier molecular flexibility index (Phi) is 8.34. The van der Waals surface area contributed by atoms with Crippen LogP contribution in [0, 0.1) is 0 Å². The lowest BCUT2D eigenvalue weighted by Gasteiger charge is -2.36. The average molecular weight is 444 g/mol. The van der Waals surface area contributed by atoms with Crippen molar-refractivity contribution in [2.24, 2.45) is 0 Å². The van der Waals surface area contributed by atoms with Crippen molar-refractivity contribution in [2.45, 2.75) is 62.8 Å². The molecule has 3 aliphatic rings. The summed E-state index contributed by atoms with van der Waals surface area (Å²) in [6.45, 7) is 4.48. The van der Waals surface area contributed by atoms with Crippen molar-refractivity contribution in [2.75, 3.05) is 33.0 Å². The quantitative estimate of drug-likeness (QED) is 0.390. The fourth-order valence-corrected chi connectivity index (χ4v) is 4.17. The summed E-state index contributed by atoms with van der Waals surface area (Å²) in [5, 5.41) is 8.36. The molecule has 168 valence electrons. The van der Waals surface area contributed by atoms with Gasteiger partial charge in [-0.15, -0.1) is 0 Å². The van der Waals surface area contributed by atoms with E-state index in [9.17, 15) is 9.90 Å². The van der Waals surface area contributed by atoms with Gasteiger partial charge >= 0.3 is 0 Å². The van der Waals surface area contributed by atoms with Crippen LogP contribution in [0.25, 0.3) is 0 Å². The van der Waals surface area contributed by atoms with E-state index in [1.54, 1.807) is 0 Å². The number of rotatable bonds is 11. The molecular formula is C22H31ClFNO5. The summed E-state index contributed by atoms with van der Waals surface area (Å²) in [5.41, 5.74) is 1.29. The number of aliphatic hydroxyl groups excluding tert-OH is 1. The molecule has 0 aromatic carbocycles. The number of carbonyl (C=O) groups is 1. The molecule has 0 radical (unpaired) electrons. The number of hydrogen-bond acceptors (Lipinski definition) is 5. The maximum absolute atomic E-state index is 15.0. The molecule has 1 heterocycles. The first-order chi connectivity index (χ1) is 14.5. The molecule has 3 rings (SSSR count). The van der Waals surface area contributed by atoms with E-state index in [-0.39, 0.29) is 12.5 Å². The Morgan fingerprint density at radius 3 is 2.63 bits per heavy atom. The van der Waals surface area contributed by atoms with Crippen LogP contribution in [-0.2, 0) is 19.0 Å². The highest BCUT2D eigenvalue weighted by molar-refractivity contribution is 6.25. The van der Waals surface area contributed by atoms with Gasteiger partial charge in [-0.3, -0.25) is 9.69 Å². The Morgan fingerprint density at radius 2 is 1.90 bits per heavy atom. The van der Waals surface area contributed by atoms with Gasteiger partial charge in [0.2, 0.25) is 5.13 Å². The molecule has 6 nitrogen and oxygen atoms in total. The second-order valence-corrected chi connectivity index (χ2v) is 8.32. The number of nitrogens with zero attached hydrogens (tertiary/aromatic N) is 1. The Balaban J connectivity index is 1.52. The van der Waals surface area contributed by atoms with E-state index in [4.69, 9.17) is 25.8 Å². The lowest BCUT2D eigenvalue weighted by Crippen LogP contribution is -2.51. The highest BCUT2D eigenvalue weighted by Gasteiger charge is 2.49. The molecule has 3 atom stereocenters. The smallest absolute Gasteiger partial charge is 0.252 e. The van der Waals surface area contributed by atoms with Crippen LogP contribution in [0.2, 0.25) is 0 Å². The Hall–Kier alpha value is -1.41. The van der Waals surface area contributed by atoms with Crippen molar-refractivity contribution in [1.29, 1.82) is 0 Å². The zero-order chi connectivity index (χ0) is 21.6. The lowest BCUT2D eigenvalue weighted by molar-refractivity contribution is -0.136. The molecule has 0 aromatic heterocycles. The molecular weight excluding hydrogens is 413 g/mol. The number of alkyl halides is 2. The van der Waals surface area contributed by atoms with E-state index in [0.29, 0.717) is 49.6 Å². The minimum atomic E-state index is -2.32. The Bertz CT molecular complexity index is 706. The third kappa shape index (κ3) is 5.44. The van der Waals surface area contributed by atoms with Gasteiger partial charge in [-0.1, -0.05) is 24.9 Å². The number of amides is 1. The van der Waals surface area contributed by atoms with Crippen molar-refractivity contribution in [1.82, 2.24) is 4.90 Å². The summed E-state index contributed by atoms with van der Waals surface area (Å²) in [6.07, 6.45) is 8.11. The first kappa shape index (κ1) is 23.3. The zero-order valence-corrected chi connectivity index (χ0v) is 18.2. The van der Waals surface area contributed by atoms with Gasteiger partial charge in [0.1, 0.15) is 18.4 Å². The van der Waals surface area contributed by atoms with Gasteiger partial charge in [0.05, 0.1) is 19.8 Å². The largest absolute Gasteiger partial charge is 0.491 e. The van der Waals surface area contributed by atoms with Crippen LogP contribution in [0.5, 0.6) is 0 Å². The molecule has 1 aliphatic heterocycles. The summed E-state index contributed by atoms with van der Waals surface area (Å²) in [5.74, 6) is 0.0452. The van der Waals surface area contributed by atoms with Crippen LogP contribution in [-0.4, -0.2) is 66.3 Å². The fraction of sp³-hybridized carbons (Fsp3) is 0.682. The highest BCUT2D eigenvalue weighted by atomic mass is 35.5. The van der Waals surface area contributed by atoms with E-state index in [1.807, 2.05) is 0 Å². The van der Waals surface area contributed by atoms with Crippen LogP contribution in [0.1, 0.15) is 45.4 Å². The average Bonchev–Trinajstić information content (AvgIpc) is 2.98. The standard InChI is InChI=1S/C22H31ClFNO5/c1-2-3-10-28-11-12-29-13-14-30-16-8-9-22(23,24)19(15-16)25-20(26)17-6-4-5-7-18(17)21(25)27/h8-9,15,19-20,26H,2-7,10-14H2,1H3. The van der Waals surface area contributed by atoms with Crippen LogP contribution in [0.3, 0.4) is 0 Å². The summed E-state index contributed by atoms with van der Waals surface area (Å²) >= 11 is 6.05. The van der Waals surface area contributed by atoms with Crippen molar-refractivity contribution in [3.8, 4) is 0 Å². The highest BCUT2D eigenvalue weighted by Crippen LogP contribution is 2.42. The second-order valence-electron chi connectivity index (χ2n) is 7.75. The normalized spacial score (nSPS) is 28.7. The molecule has 3 unspecified atom stereocenters. The third-order valence-corrected chi connectivity index (χ3v) is 5.92. The van der Waals surface area contributed by atoms with Crippen molar-refractivity contribution in [3.63, 3.8) is 0 Å². The van der Waals surface area contributed by atoms with Gasteiger partial charge in [-0.05, 0) is 55.9 Å². The number of ether oxygens (including phenoxy) is 3. The van der Waals surface area contributed by atoms with Gasteiger partial charge in [0.25, 0.3) is 5.91 Å². The molecule has 0 fully saturated rings. The Morgan fingerprint density at radius 1 is 1.20 bits per heavy atom. The van der Waals surface area contributed by atoms with E-state index in [2.05, 4.69) is 6.92 Å². The number of halogens is 2. The molecule has 8 heteroatoms. The fourth-order valence-electron chi connectivity index (χ4n) is 3.93. The summed E-state index contributed by atoms with van der Waals surface area (Å²) in [6, 6.07) is -1.15. The summed E-state index contributed by atoms with van der Waals surface area (Å²) in [4.78, 5) is 14.0. The maximum atomic E-state index is 15.0. The molecule has 1 N–H and O–H groups in total. The number of aliphatic hydroxyl groups is 1. The zero-order valence-electron chi connectivity index (χ0n) is 17.4. The van der Waals surface area contributed by atoms with Gasteiger partial charge in [0.15, 0.2) is 6.23 Å². The van der Waals surface area contributed by atoms with Crippen molar-refractivity contribution < 1.29 is 28.5 Å². The summed E-state index contributed by atoms with van der Waals surface area (Å²) < 4.78 is 31.5. The topological polar surface area (TPSA) is 68.2 Å². The molecule has 0 bridgehead atoms. The molecule has 1 amide bonds. The van der Waals surface area contributed by atoms with Gasteiger partial charge in [-0.25, -0.2) is 4.39 Å². The number of carbonyl (C=O) groups excluding carboxylic acids is 1. The SMILES string of the molecule is CCCCOCCOCCOC1=CC(N2C(=O)C3=C(CCCC3)C2O)C(F)(Cl)C=C1. The van der Waals surface area contributed by atoms with Gasteiger partial charge < -0.3 is 19.3 Å². The van der Waals surface area contributed by atoms with Crippen LogP contribution >= 0.6 is 11.6 Å². The summed E-state index contributed by atoms with van der Waals surface area (Å²) in [7, 11) is 0. The molecule has 2 aliphatic carbocycles. The van der Waals surface area contributed by atoms with Gasteiger partial charge in [-0.2, -0.15) is 0 Å². The van der Waals surface area contributed by atoms with Crippen LogP contribution in [0.15, 0.2) is 35.1 Å². The predicted octanol–water partition coefficient (Wildman–Crippen LogP) is 3.59. The number of allylic oxidation sites excluding steroid dienone is 1. The van der Waals surface area contributed by atoms with Crippen LogP contribution in [0.4, 0.5) is 4.39 Å². The minimum absolute atomic E-state index is 0.269. The van der Waals surface area contributed by atoms with E-state index in [0.717, 1.165) is 43.3 Å². The molecule has 0 saturated heterocycles. The number of hydrogen-bond donors (Lipinski definition) is 1. The number of unbranched alkanes of at least 4 members (excludes halogenated alkanes) is 1. The first-order valence-corrected chi connectivity index (χ1v) is 11.1. The lowest BCUT2D eigenvalue weighted by atomic mass is 9.93. The van der Waals surface area contributed by atoms with E-state index >= 15 is 4.39 Å². The molecule has 30 heavy (non-hydrogen) atoms. The maximum Gasteiger partial charge on any atom is 0.252 e. The predicted molar refractivity (Wildman–Crippen MR) is 112 cm³/mol. The third-order valence-electron chi connectivity index (χ3n) is 5.57. The Labute approximate surface area is 182 Å². The van der Waals surface area contributed by atoms with Crippen LogP contribution < -0.4 is 0 Å². The molecule has 0 spiro atoms. The van der Waals surface area contributed by atoms with Crippen molar-refractivity contribution in [3.05, 3.63) is 35.1 Å². The van der Waals surface area contributed by atoms with E-state index < -0.39 is 17.4 Å². The molecule has 0 saturated carbocycles.